The van der Waals surface area contributed by atoms with Gasteiger partial charge in [-0.05, 0) is 49.4 Å². The van der Waals surface area contributed by atoms with Gasteiger partial charge in [0.2, 0.25) is 11.8 Å². The Morgan fingerprint density at radius 2 is 1.81 bits per heavy atom. The number of likely N-dealkylation sites (tertiary alicyclic amines) is 1. The van der Waals surface area contributed by atoms with Crippen LogP contribution in [0.4, 0.5) is 0 Å². The smallest absolute Gasteiger partial charge is 0.255 e. The zero-order valence-corrected chi connectivity index (χ0v) is 20.6. The van der Waals surface area contributed by atoms with Gasteiger partial charge >= 0.3 is 0 Å². The second-order valence-electron chi connectivity index (χ2n) is 10.1. The molecule has 1 aliphatic carbocycles. The van der Waals surface area contributed by atoms with E-state index in [-0.39, 0.29) is 24.3 Å². The number of amides is 3. The van der Waals surface area contributed by atoms with Gasteiger partial charge in [0, 0.05) is 56.0 Å². The summed E-state index contributed by atoms with van der Waals surface area (Å²) in [6.07, 6.45) is 8.37. The summed E-state index contributed by atoms with van der Waals surface area (Å²) in [4.78, 5) is 49.6. The van der Waals surface area contributed by atoms with E-state index < -0.39 is 11.9 Å². The zero-order chi connectivity index (χ0) is 24.8. The molecule has 1 aromatic carbocycles. The third-order valence-electron chi connectivity index (χ3n) is 7.83. The van der Waals surface area contributed by atoms with Crippen LogP contribution in [0.2, 0.25) is 5.02 Å². The number of piperidine rings is 1. The van der Waals surface area contributed by atoms with Gasteiger partial charge in [-0.25, -0.2) is 9.97 Å². The maximum Gasteiger partial charge on any atom is 0.255 e. The average molecular weight is 510 g/mol. The summed E-state index contributed by atoms with van der Waals surface area (Å²) in [5.74, 6) is 1.05. The van der Waals surface area contributed by atoms with Gasteiger partial charge < -0.3 is 9.64 Å². The summed E-state index contributed by atoms with van der Waals surface area (Å²) in [6, 6.07) is 5.31. The summed E-state index contributed by atoms with van der Waals surface area (Å²) in [7, 11) is 0. The van der Waals surface area contributed by atoms with Crippen LogP contribution < -0.4 is 10.1 Å². The van der Waals surface area contributed by atoms with Crippen molar-refractivity contribution >= 4 is 29.3 Å². The first-order chi connectivity index (χ1) is 17.5. The molecule has 1 saturated carbocycles. The van der Waals surface area contributed by atoms with E-state index in [1.54, 1.807) is 23.4 Å². The molecule has 0 bridgehead atoms. The van der Waals surface area contributed by atoms with Crippen LogP contribution in [0.5, 0.6) is 5.75 Å². The van der Waals surface area contributed by atoms with E-state index in [0.29, 0.717) is 35.5 Å². The number of rotatable bonds is 5. The van der Waals surface area contributed by atoms with Crippen LogP contribution in [0, 0.1) is 0 Å². The zero-order valence-electron chi connectivity index (χ0n) is 19.9. The summed E-state index contributed by atoms with van der Waals surface area (Å²) in [5.41, 5.74) is 1.46. The number of carbonyl (C=O) groups is 3. The molecule has 6 rings (SSSR count). The Kier molecular flexibility index (Phi) is 6.13. The second kappa shape index (κ2) is 9.44. The van der Waals surface area contributed by atoms with E-state index in [9.17, 15) is 14.4 Å². The number of hydrogen-bond acceptors (Lipinski definition) is 7. The van der Waals surface area contributed by atoms with Gasteiger partial charge in [0.15, 0.2) is 0 Å². The van der Waals surface area contributed by atoms with Crippen LogP contribution in [-0.4, -0.2) is 68.8 Å². The molecule has 10 heteroatoms. The first-order valence-corrected chi connectivity index (χ1v) is 13.0. The fourth-order valence-corrected chi connectivity index (χ4v) is 6.01. The van der Waals surface area contributed by atoms with E-state index in [1.165, 1.54) is 6.42 Å². The van der Waals surface area contributed by atoms with Gasteiger partial charge in [-0.3, -0.25) is 24.6 Å². The number of carbonyl (C=O) groups excluding carboxylic acids is 3. The molecular weight excluding hydrogens is 482 g/mol. The van der Waals surface area contributed by atoms with Gasteiger partial charge in [0.05, 0.1) is 5.02 Å². The van der Waals surface area contributed by atoms with Crippen molar-refractivity contribution < 1.29 is 19.1 Å². The van der Waals surface area contributed by atoms with Crippen LogP contribution in [-0.2, 0) is 16.1 Å². The van der Waals surface area contributed by atoms with Crippen LogP contribution in [0.25, 0.3) is 0 Å². The van der Waals surface area contributed by atoms with Crippen molar-refractivity contribution in [2.75, 3.05) is 13.1 Å². The summed E-state index contributed by atoms with van der Waals surface area (Å²) in [6.45, 7) is 2.16. The number of imide groups is 1. The van der Waals surface area contributed by atoms with Crippen molar-refractivity contribution in [3.63, 3.8) is 0 Å². The number of benzene rings is 1. The molecule has 0 radical (unpaired) electrons. The predicted octanol–water partition coefficient (Wildman–Crippen LogP) is 2.68. The molecule has 2 saturated heterocycles. The lowest BCUT2D eigenvalue weighted by atomic mass is 9.86. The van der Waals surface area contributed by atoms with Crippen LogP contribution in [0.1, 0.15) is 66.2 Å². The Bertz CT molecular complexity index is 1200. The van der Waals surface area contributed by atoms with Crippen molar-refractivity contribution in [1.29, 1.82) is 0 Å². The van der Waals surface area contributed by atoms with E-state index in [0.717, 1.165) is 49.5 Å². The van der Waals surface area contributed by atoms with Gasteiger partial charge in [-0.15, -0.1) is 0 Å². The minimum absolute atomic E-state index is 0.0761. The van der Waals surface area contributed by atoms with Crippen molar-refractivity contribution in [2.24, 2.45) is 0 Å². The maximum atomic E-state index is 13.0. The third-order valence-corrected chi connectivity index (χ3v) is 8.03. The Morgan fingerprint density at radius 1 is 1.03 bits per heavy atom. The molecule has 3 aliphatic heterocycles. The average Bonchev–Trinajstić information content (AvgIpc) is 3.16. The summed E-state index contributed by atoms with van der Waals surface area (Å²) in [5, 5.41) is 2.89. The molecule has 4 heterocycles. The highest BCUT2D eigenvalue weighted by Gasteiger charge is 2.41. The maximum absolute atomic E-state index is 13.0. The number of nitrogens with zero attached hydrogens (tertiary/aromatic N) is 4. The van der Waals surface area contributed by atoms with Gasteiger partial charge in [0.25, 0.3) is 5.91 Å². The van der Waals surface area contributed by atoms with E-state index in [1.807, 2.05) is 12.1 Å². The quantitative estimate of drug-likeness (QED) is 0.618. The third kappa shape index (κ3) is 4.35. The number of halogens is 1. The second-order valence-corrected chi connectivity index (χ2v) is 10.6. The van der Waals surface area contributed by atoms with Crippen molar-refractivity contribution in [3.8, 4) is 5.75 Å². The van der Waals surface area contributed by atoms with Gasteiger partial charge in [-0.1, -0.05) is 18.0 Å². The molecule has 1 aromatic heterocycles. The number of nitrogens with one attached hydrogen (secondary N) is 1. The lowest BCUT2D eigenvalue weighted by molar-refractivity contribution is -0.136. The molecule has 3 amide bonds. The summed E-state index contributed by atoms with van der Waals surface area (Å²) < 4.78 is 6.51. The van der Waals surface area contributed by atoms with Crippen LogP contribution in [0.15, 0.2) is 30.6 Å². The molecule has 2 aromatic rings. The lowest BCUT2D eigenvalue weighted by Gasteiger charge is -2.47. The molecular formula is C26H28ClN5O4. The molecule has 9 nitrogen and oxygen atoms in total. The first-order valence-electron chi connectivity index (χ1n) is 12.6. The van der Waals surface area contributed by atoms with Crippen molar-refractivity contribution in [3.05, 3.63) is 52.6 Å². The monoisotopic (exact) mass is 509 g/mol. The Hall–Kier alpha value is -3.04. The predicted molar refractivity (Wildman–Crippen MR) is 131 cm³/mol. The highest BCUT2D eigenvalue weighted by molar-refractivity contribution is 6.30. The number of ether oxygens (including phenoxy) is 1. The van der Waals surface area contributed by atoms with Gasteiger partial charge in [0.1, 0.15) is 23.7 Å². The van der Waals surface area contributed by atoms with Crippen LogP contribution >= 0.6 is 11.6 Å². The Balaban J connectivity index is 1.11. The molecule has 4 aliphatic rings. The van der Waals surface area contributed by atoms with Crippen LogP contribution in [0.3, 0.4) is 0 Å². The molecule has 36 heavy (non-hydrogen) atoms. The fourth-order valence-electron chi connectivity index (χ4n) is 5.91. The highest BCUT2D eigenvalue weighted by Crippen LogP contribution is 2.36. The molecule has 3 fully saturated rings. The molecule has 0 unspecified atom stereocenters. The van der Waals surface area contributed by atoms with E-state index in [2.05, 4.69) is 20.2 Å². The topological polar surface area (TPSA) is 105 Å². The lowest BCUT2D eigenvalue weighted by Crippen LogP contribution is -2.57. The first kappa shape index (κ1) is 23.4. The number of fused-ring (bicyclic) bond motifs is 1. The minimum Gasteiger partial charge on any atom is -0.489 e. The molecule has 3 atom stereocenters. The largest absolute Gasteiger partial charge is 0.489 e. The molecule has 0 spiro atoms. The molecule has 1 N–H and O–H groups in total. The van der Waals surface area contributed by atoms with E-state index >= 15 is 0 Å². The number of aromatic nitrogens is 2. The summed E-state index contributed by atoms with van der Waals surface area (Å²) >= 11 is 5.92. The number of hydrogen-bond donors (Lipinski definition) is 1. The standard InChI is InChI=1S/C26H28ClN5O4/c27-17-10-28-24(29-11-17)16-12-31(13-16)20-3-1-2-4-22(20)36-18-5-6-19-15(9-18)14-32(26(19)35)21-7-8-23(33)30-25(21)34/h5-6,9-11,16,20-22H,1-4,7-8,12-14H2,(H,30,33,34)/t20-,21+,22-/m1/s1. The Morgan fingerprint density at radius 3 is 2.58 bits per heavy atom. The van der Waals surface area contributed by atoms with Gasteiger partial charge in [-0.2, -0.15) is 0 Å². The minimum atomic E-state index is -0.612. The normalized spacial score (nSPS) is 27.0. The Labute approximate surface area is 214 Å². The van der Waals surface area contributed by atoms with E-state index in [4.69, 9.17) is 16.3 Å². The van der Waals surface area contributed by atoms with Crippen molar-refractivity contribution in [2.45, 2.75) is 69.2 Å². The highest BCUT2D eigenvalue weighted by atomic mass is 35.5. The molecule has 188 valence electrons. The SMILES string of the molecule is O=C1CC[C@H](N2Cc3cc(O[C@@H]4CCCC[C@H]4N4CC(c5ncc(Cl)cn5)C4)ccc3C2=O)C(=O)N1. The van der Waals surface area contributed by atoms with Crippen molar-refractivity contribution in [1.82, 2.24) is 25.1 Å². The fraction of sp³-hybridized carbons (Fsp3) is 0.500.